The molecule has 0 aromatic heterocycles. The van der Waals surface area contributed by atoms with E-state index in [1.54, 1.807) is 4.90 Å². The standard InChI is InChI=1S/C15H18Cl2N2O2/c16-11-15(21)19-9-7-18(8-10-19)14(20)6-3-12-1-4-13(17)5-2-12/h1-2,4-5H,3,6-11H2. The molecule has 1 aromatic carbocycles. The number of piperazine rings is 1. The number of halogens is 2. The van der Waals surface area contributed by atoms with E-state index in [1.165, 1.54) is 0 Å². The molecule has 4 nitrogen and oxygen atoms in total. The molecule has 2 rings (SSSR count). The predicted octanol–water partition coefficient (Wildman–Crippen LogP) is 2.18. The molecule has 1 saturated heterocycles. The molecule has 1 aliphatic rings. The van der Waals surface area contributed by atoms with Crippen LogP contribution >= 0.6 is 23.2 Å². The van der Waals surface area contributed by atoms with Crippen molar-refractivity contribution in [1.29, 1.82) is 0 Å². The third-order valence-corrected chi connectivity index (χ3v) is 4.12. The zero-order chi connectivity index (χ0) is 15.2. The summed E-state index contributed by atoms with van der Waals surface area (Å²) in [7, 11) is 0. The number of hydrogen-bond acceptors (Lipinski definition) is 2. The lowest BCUT2D eigenvalue weighted by Gasteiger charge is -2.34. The summed E-state index contributed by atoms with van der Waals surface area (Å²) in [4.78, 5) is 27.1. The molecule has 114 valence electrons. The van der Waals surface area contributed by atoms with Crippen LogP contribution in [0.15, 0.2) is 24.3 Å². The molecule has 2 amide bonds. The van der Waals surface area contributed by atoms with Crippen LogP contribution in [0.3, 0.4) is 0 Å². The highest BCUT2D eigenvalue weighted by Crippen LogP contribution is 2.12. The molecule has 1 aliphatic heterocycles. The Morgan fingerprint density at radius 1 is 0.952 bits per heavy atom. The fraction of sp³-hybridized carbons (Fsp3) is 0.467. The molecule has 0 saturated carbocycles. The number of carbonyl (C=O) groups is 2. The van der Waals surface area contributed by atoms with E-state index in [9.17, 15) is 9.59 Å². The minimum Gasteiger partial charge on any atom is -0.339 e. The van der Waals surface area contributed by atoms with E-state index in [2.05, 4.69) is 0 Å². The Balaban J connectivity index is 1.77. The van der Waals surface area contributed by atoms with Crippen molar-refractivity contribution in [2.24, 2.45) is 0 Å². The van der Waals surface area contributed by atoms with Gasteiger partial charge in [0.25, 0.3) is 0 Å². The SMILES string of the molecule is O=C(CCl)N1CCN(C(=O)CCc2ccc(Cl)cc2)CC1. The molecule has 0 unspecified atom stereocenters. The summed E-state index contributed by atoms with van der Waals surface area (Å²) in [5.41, 5.74) is 1.10. The number of benzene rings is 1. The Labute approximate surface area is 134 Å². The normalized spacial score (nSPS) is 15.1. The molecule has 21 heavy (non-hydrogen) atoms. The van der Waals surface area contributed by atoms with Crippen LogP contribution in [0.2, 0.25) is 5.02 Å². The highest BCUT2D eigenvalue weighted by atomic mass is 35.5. The van der Waals surface area contributed by atoms with Crippen LogP contribution < -0.4 is 0 Å². The maximum Gasteiger partial charge on any atom is 0.237 e. The van der Waals surface area contributed by atoms with Gasteiger partial charge in [0.1, 0.15) is 5.88 Å². The number of alkyl halides is 1. The van der Waals surface area contributed by atoms with Crippen LogP contribution in [0.5, 0.6) is 0 Å². The molecule has 1 aromatic rings. The Kier molecular flexibility index (Phi) is 5.88. The van der Waals surface area contributed by atoms with Gasteiger partial charge in [-0.1, -0.05) is 23.7 Å². The van der Waals surface area contributed by atoms with Gasteiger partial charge in [-0.05, 0) is 24.1 Å². The fourth-order valence-electron chi connectivity index (χ4n) is 2.35. The molecule has 6 heteroatoms. The topological polar surface area (TPSA) is 40.6 Å². The van der Waals surface area contributed by atoms with Crippen molar-refractivity contribution in [3.05, 3.63) is 34.9 Å². The second-order valence-electron chi connectivity index (χ2n) is 5.02. The largest absolute Gasteiger partial charge is 0.339 e. The molecule has 0 radical (unpaired) electrons. The van der Waals surface area contributed by atoms with Crippen LogP contribution in [0.25, 0.3) is 0 Å². The Hall–Kier alpha value is -1.26. The smallest absolute Gasteiger partial charge is 0.237 e. The Bertz CT molecular complexity index is 497. The van der Waals surface area contributed by atoms with Crippen LogP contribution in [-0.2, 0) is 16.0 Å². The first-order valence-electron chi connectivity index (χ1n) is 6.96. The van der Waals surface area contributed by atoms with Crippen LogP contribution in [-0.4, -0.2) is 53.7 Å². The zero-order valence-electron chi connectivity index (χ0n) is 11.7. The lowest BCUT2D eigenvalue weighted by Crippen LogP contribution is -2.51. The first kappa shape index (κ1) is 16.1. The third-order valence-electron chi connectivity index (χ3n) is 3.64. The first-order chi connectivity index (χ1) is 10.1. The van der Waals surface area contributed by atoms with Gasteiger partial charge in [-0.15, -0.1) is 11.6 Å². The summed E-state index contributed by atoms with van der Waals surface area (Å²) in [5.74, 6) is 0.0673. The number of rotatable bonds is 4. The lowest BCUT2D eigenvalue weighted by atomic mass is 10.1. The van der Waals surface area contributed by atoms with Crippen molar-refractivity contribution in [2.75, 3.05) is 32.1 Å². The summed E-state index contributed by atoms with van der Waals surface area (Å²) < 4.78 is 0. The first-order valence-corrected chi connectivity index (χ1v) is 7.87. The number of amides is 2. The van der Waals surface area contributed by atoms with E-state index in [0.29, 0.717) is 44.0 Å². The van der Waals surface area contributed by atoms with E-state index in [4.69, 9.17) is 23.2 Å². The molecule has 0 bridgehead atoms. The maximum atomic E-state index is 12.2. The van der Waals surface area contributed by atoms with Gasteiger partial charge in [-0.25, -0.2) is 0 Å². The summed E-state index contributed by atoms with van der Waals surface area (Å²) in [6.45, 7) is 2.31. The van der Waals surface area contributed by atoms with Gasteiger partial charge in [0.05, 0.1) is 0 Å². The number of nitrogens with zero attached hydrogens (tertiary/aromatic N) is 2. The van der Waals surface area contributed by atoms with E-state index in [-0.39, 0.29) is 17.7 Å². The Morgan fingerprint density at radius 2 is 1.48 bits per heavy atom. The van der Waals surface area contributed by atoms with Crippen molar-refractivity contribution >= 4 is 35.0 Å². The summed E-state index contributed by atoms with van der Waals surface area (Å²) >= 11 is 11.4. The van der Waals surface area contributed by atoms with Crippen molar-refractivity contribution in [1.82, 2.24) is 9.80 Å². The van der Waals surface area contributed by atoms with E-state index in [1.807, 2.05) is 29.2 Å². The van der Waals surface area contributed by atoms with Gasteiger partial charge >= 0.3 is 0 Å². The number of hydrogen-bond donors (Lipinski definition) is 0. The molecular formula is C15H18Cl2N2O2. The van der Waals surface area contributed by atoms with Gasteiger partial charge in [-0.3, -0.25) is 9.59 Å². The maximum absolute atomic E-state index is 12.2. The highest BCUT2D eigenvalue weighted by molar-refractivity contribution is 6.30. The molecule has 0 aliphatic carbocycles. The van der Waals surface area contributed by atoms with E-state index in [0.717, 1.165) is 5.56 Å². The van der Waals surface area contributed by atoms with Gasteiger partial charge < -0.3 is 9.80 Å². The Morgan fingerprint density at radius 3 is 2.00 bits per heavy atom. The minimum absolute atomic E-state index is 0.00448. The van der Waals surface area contributed by atoms with E-state index >= 15 is 0 Å². The third kappa shape index (κ3) is 4.61. The fourth-order valence-corrected chi connectivity index (χ4v) is 2.65. The van der Waals surface area contributed by atoms with Crippen LogP contribution in [0.4, 0.5) is 0 Å². The summed E-state index contributed by atoms with van der Waals surface area (Å²) in [6.07, 6.45) is 1.18. The van der Waals surface area contributed by atoms with Gasteiger partial charge in [0, 0.05) is 37.6 Å². The average Bonchev–Trinajstić information content (AvgIpc) is 2.53. The molecule has 1 fully saturated rings. The average molecular weight is 329 g/mol. The second kappa shape index (κ2) is 7.66. The minimum atomic E-state index is -0.0649. The summed E-state index contributed by atoms with van der Waals surface area (Å²) in [5, 5.41) is 0.699. The van der Waals surface area contributed by atoms with Crippen LogP contribution in [0, 0.1) is 0 Å². The quantitative estimate of drug-likeness (QED) is 0.795. The molecule has 0 spiro atoms. The van der Waals surface area contributed by atoms with Gasteiger partial charge in [-0.2, -0.15) is 0 Å². The molecular weight excluding hydrogens is 311 g/mol. The van der Waals surface area contributed by atoms with Crippen molar-refractivity contribution in [3.8, 4) is 0 Å². The van der Waals surface area contributed by atoms with Gasteiger partial charge in [0.2, 0.25) is 11.8 Å². The monoisotopic (exact) mass is 328 g/mol. The van der Waals surface area contributed by atoms with Gasteiger partial charge in [0.15, 0.2) is 0 Å². The van der Waals surface area contributed by atoms with Crippen LogP contribution in [0.1, 0.15) is 12.0 Å². The highest BCUT2D eigenvalue weighted by Gasteiger charge is 2.23. The zero-order valence-corrected chi connectivity index (χ0v) is 13.2. The summed E-state index contributed by atoms with van der Waals surface area (Å²) in [6, 6.07) is 7.54. The predicted molar refractivity (Wildman–Crippen MR) is 83.7 cm³/mol. The van der Waals surface area contributed by atoms with E-state index < -0.39 is 0 Å². The lowest BCUT2D eigenvalue weighted by molar-refractivity contribution is -0.138. The molecule has 0 N–H and O–H groups in total. The number of aryl methyl sites for hydroxylation is 1. The van der Waals surface area contributed by atoms with Crippen molar-refractivity contribution in [3.63, 3.8) is 0 Å². The molecule has 0 atom stereocenters. The van der Waals surface area contributed by atoms with Crippen molar-refractivity contribution in [2.45, 2.75) is 12.8 Å². The number of carbonyl (C=O) groups excluding carboxylic acids is 2. The second-order valence-corrected chi connectivity index (χ2v) is 5.73. The van der Waals surface area contributed by atoms with Crippen molar-refractivity contribution < 1.29 is 9.59 Å². The molecule has 1 heterocycles.